The molecule has 0 unspecified atom stereocenters. The summed E-state index contributed by atoms with van der Waals surface area (Å²) < 4.78 is 33.8. The molecule has 0 radical (unpaired) electrons. The molecule has 3 aromatic rings. The highest BCUT2D eigenvalue weighted by atomic mass is 35.5. The van der Waals surface area contributed by atoms with Gasteiger partial charge in [-0.25, -0.2) is 8.42 Å². The fourth-order valence-electron chi connectivity index (χ4n) is 3.48. The Balaban J connectivity index is 1.60. The van der Waals surface area contributed by atoms with E-state index in [9.17, 15) is 13.2 Å². The molecule has 4 rings (SSSR count). The Morgan fingerprint density at radius 2 is 1.47 bits per heavy atom. The molecule has 2 N–H and O–H groups in total. The number of hydrogen-bond acceptors (Lipinski definition) is 4. The number of halogens is 2. The van der Waals surface area contributed by atoms with Gasteiger partial charge in [0, 0.05) is 21.4 Å². The number of ether oxygens (including phenoxy) is 1. The highest BCUT2D eigenvalue weighted by Gasteiger charge is 2.51. The van der Waals surface area contributed by atoms with E-state index in [1.807, 2.05) is 12.1 Å². The fourth-order valence-corrected chi connectivity index (χ4v) is 4.99. The van der Waals surface area contributed by atoms with E-state index in [1.54, 1.807) is 42.5 Å². The molecule has 1 fully saturated rings. The van der Waals surface area contributed by atoms with Crippen LogP contribution in [0.1, 0.15) is 18.4 Å². The fraction of sp³-hybridized carbons (Fsp3) is 0.174. The highest BCUT2D eigenvalue weighted by molar-refractivity contribution is 7.92. The number of nitrogens with one attached hydrogen (secondary N) is 2. The molecule has 0 atom stereocenters. The Labute approximate surface area is 196 Å². The van der Waals surface area contributed by atoms with Gasteiger partial charge in [-0.2, -0.15) is 0 Å². The normalized spacial score (nSPS) is 14.5. The summed E-state index contributed by atoms with van der Waals surface area (Å²) in [5, 5.41) is 3.95. The van der Waals surface area contributed by atoms with Gasteiger partial charge in [-0.15, -0.1) is 0 Å². The molecule has 1 aliphatic carbocycles. The largest absolute Gasteiger partial charge is 0.495 e. The second kappa shape index (κ2) is 8.65. The van der Waals surface area contributed by atoms with Crippen LogP contribution in [0.3, 0.4) is 0 Å². The number of sulfonamides is 1. The lowest BCUT2D eigenvalue weighted by Gasteiger charge is -2.17. The molecule has 6 nitrogen and oxygen atoms in total. The second-order valence-corrected chi connectivity index (χ2v) is 10.0. The smallest absolute Gasteiger partial charge is 0.265 e. The third-order valence-corrected chi connectivity index (χ3v) is 7.30. The Morgan fingerprint density at radius 1 is 0.906 bits per heavy atom. The van der Waals surface area contributed by atoms with Crippen LogP contribution in [0.4, 0.5) is 11.4 Å². The molecule has 3 aromatic carbocycles. The van der Waals surface area contributed by atoms with E-state index in [2.05, 4.69) is 10.0 Å². The Hall–Kier alpha value is -2.74. The number of anilines is 2. The number of benzene rings is 3. The van der Waals surface area contributed by atoms with Crippen molar-refractivity contribution in [2.75, 3.05) is 17.1 Å². The van der Waals surface area contributed by atoms with Gasteiger partial charge in [0.05, 0.1) is 12.5 Å². The van der Waals surface area contributed by atoms with Crippen molar-refractivity contribution in [3.63, 3.8) is 0 Å². The van der Waals surface area contributed by atoms with Crippen LogP contribution >= 0.6 is 23.2 Å². The first-order valence-corrected chi connectivity index (χ1v) is 12.0. The van der Waals surface area contributed by atoms with E-state index in [4.69, 9.17) is 27.9 Å². The average Bonchev–Trinajstić information content (AvgIpc) is 3.58. The zero-order valence-corrected chi connectivity index (χ0v) is 19.4. The molecule has 0 aromatic heterocycles. The first-order chi connectivity index (χ1) is 15.2. The summed E-state index contributed by atoms with van der Waals surface area (Å²) in [5.41, 5.74) is 0.953. The van der Waals surface area contributed by atoms with Gasteiger partial charge in [-0.1, -0.05) is 35.3 Å². The summed E-state index contributed by atoms with van der Waals surface area (Å²) in [5.74, 6) is -0.0395. The number of hydrogen-bond donors (Lipinski definition) is 2. The van der Waals surface area contributed by atoms with Crippen LogP contribution < -0.4 is 14.8 Å². The minimum Gasteiger partial charge on any atom is -0.495 e. The summed E-state index contributed by atoms with van der Waals surface area (Å²) >= 11 is 11.8. The predicted molar refractivity (Wildman–Crippen MR) is 126 cm³/mol. The molecule has 32 heavy (non-hydrogen) atoms. The van der Waals surface area contributed by atoms with Gasteiger partial charge in [0.15, 0.2) is 0 Å². The van der Waals surface area contributed by atoms with E-state index in [-0.39, 0.29) is 16.6 Å². The van der Waals surface area contributed by atoms with Gasteiger partial charge < -0.3 is 10.1 Å². The number of methoxy groups -OCH3 is 1. The number of carbonyl (C=O) groups is 1. The van der Waals surface area contributed by atoms with Gasteiger partial charge in [0.1, 0.15) is 10.6 Å². The van der Waals surface area contributed by atoms with Crippen molar-refractivity contribution in [1.29, 1.82) is 0 Å². The van der Waals surface area contributed by atoms with Crippen molar-refractivity contribution in [1.82, 2.24) is 0 Å². The maximum Gasteiger partial charge on any atom is 0.265 e. The third kappa shape index (κ3) is 4.55. The topological polar surface area (TPSA) is 84.5 Å². The molecular formula is C23H20Cl2N2O4S. The monoisotopic (exact) mass is 490 g/mol. The van der Waals surface area contributed by atoms with Crippen molar-refractivity contribution >= 4 is 50.5 Å². The number of rotatable bonds is 7. The Morgan fingerprint density at radius 3 is 2.03 bits per heavy atom. The van der Waals surface area contributed by atoms with E-state index < -0.39 is 15.4 Å². The molecule has 166 valence electrons. The van der Waals surface area contributed by atoms with Crippen molar-refractivity contribution < 1.29 is 17.9 Å². The van der Waals surface area contributed by atoms with Crippen LogP contribution in [0.2, 0.25) is 10.0 Å². The lowest BCUT2D eigenvalue weighted by atomic mass is 9.95. The van der Waals surface area contributed by atoms with Gasteiger partial charge in [0.25, 0.3) is 10.0 Å². The zero-order chi connectivity index (χ0) is 22.9. The molecular weight excluding hydrogens is 471 g/mol. The van der Waals surface area contributed by atoms with E-state index >= 15 is 0 Å². The van der Waals surface area contributed by atoms with Crippen molar-refractivity contribution in [2.45, 2.75) is 23.2 Å². The molecule has 0 spiro atoms. The van der Waals surface area contributed by atoms with Crippen LogP contribution in [0.15, 0.2) is 71.6 Å². The van der Waals surface area contributed by atoms with Gasteiger partial charge >= 0.3 is 0 Å². The van der Waals surface area contributed by atoms with E-state index in [1.165, 1.54) is 19.2 Å². The van der Waals surface area contributed by atoms with E-state index in [0.717, 1.165) is 5.56 Å². The van der Waals surface area contributed by atoms with Crippen molar-refractivity contribution in [2.24, 2.45) is 0 Å². The molecule has 1 aliphatic rings. The highest BCUT2D eigenvalue weighted by Crippen LogP contribution is 2.49. The van der Waals surface area contributed by atoms with Crippen molar-refractivity contribution in [3.05, 3.63) is 82.3 Å². The minimum absolute atomic E-state index is 0.0934. The Kier molecular flexibility index (Phi) is 6.07. The number of amides is 1. The molecule has 0 heterocycles. The second-order valence-electron chi connectivity index (χ2n) is 7.52. The van der Waals surface area contributed by atoms with Crippen LogP contribution in [-0.2, 0) is 20.2 Å². The Bertz CT molecular complexity index is 1260. The molecule has 0 bridgehead atoms. The summed E-state index contributed by atoms with van der Waals surface area (Å²) in [6, 6.07) is 18.0. The molecule has 1 amide bonds. The van der Waals surface area contributed by atoms with Crippen molar-refractivity contribution in [3.8, 4) is 5.75 Å². The SMILES string of the molecule is COc1ccc(NC(=O)C2(c3ccc(Cl)cc3)CC2)cc1S(=O)(=O)Nc1ccc(Cl)cc1. The van der Waals surface area contributed by atoms with E-state index in [0.29, 0.717) is 34.3 Å². The lowest BCUT2D eigenvalue weighted by Crippen LogP contribution is -2.28. The van der Waals surface area contributed by atoms with Crippen LogP contribution in [0, 0.1) is 0 Å². The third-order valence-electron chi connectivity index (χ3n) is 5.39. The quantitative estimate of drug-likeness (QED) is 0.459. The molecule has 1 saturated carbocycles. The molecule has 0 aliphatic heterocycles. The first kappa shape index (κ1) is 22.5. The maximum atomic E-state index is 13.1. The van der Waals surface area contributed by atoms with Crippen LogP contribution in [0.25, 0.3) is 0 Å². The molecule has 0 saturated heterocycles. The van der Waals surface area contributed by atoms with Gasteiger partial charge in [0.2, 0.25) is 5.91 Å². The minimum atomic E-state index is -3.99. The standard InChI is InChI=1S/C23H20Cl2N2O4S/c1-31-20-11-10-19(14-21(20)32(29,30)27-18-8-6-17(25)7-9-18)26-22(28)23(12-13-23)15-2-4-16(24)5-3-15/h2-11,14,27H,12-13H2,1H3,(H,26,28). The summed E-state index contributed by atoms with van der Waals surface area (Å²) in [6.07, 6.45) is 1.42. The molecule has 9 heteroatoms. The van der Waals surface area contributed by atoms with Crippen LogP contribution in [0.5, 0.6) is 5.75 Å². The lowest BCUT2D eigenvalue weighted by molar-refractivity contribution is -0.118. The van der Waals surface area contributed by atoms with Gasteiger partial charge in [-0.3, -0.25) is 9.52 Å². The maximum absolute atomic E-state index is 13.1. The van der Waals surface area contributed by atoms with Crippen LogP contribution in [-0.4, -0.2) is 21.4 Å². The summed E-state index contributed by atoms with van der Waals surface area (Å²) in [7, 11) is -2.60. The zero-order valence-electron chi connectivity index (χ0n) is 17.1. The first-order valence-electron chi connectivity index (χ1n) is 9.77. The summed E-state index contributed by atoms with van der Waals surface area (Å²) in [4.78, 5) is 13.0. The summed E-state index contributed by atoms with van der Waals surface area (Å²) in [6.45, 7) is 0. The predicted octanol–water partition coefficient (Wildman–Crippen LogP) is 5.47. The van der Waals surface area contributed by atoms with Gasteiger partial charge in [-0.05, 0) is 73.0 Å². The number of carbonyl (C=O) groups excluding carboxylic acids is 1. The average molecular weight is 491 g/mol.